The van der Waals surface area contributed by atoms with Crippen LogP contribution in [-0.4, -0.2) is 28.8 Å². The zero-order valence-corrected chi connectivity index (χ0v) is 15.8. The van der Waals surface area contributed by atoms with E-state index < -0.39 is 11.9 Å². The zero-order chi connectivity index (χ0) is 17.8. The molecular weight excluding hydrogens is 351 g/mol. The quantitative estimate of drug-likeness (QED) is 0.552. The van der Waals surface area contributed by atoms with E-state index in [1.165, 1.54) is 0 Å². The molecule has 1 heterocycles. The van der Waals surface area contributed by atoms with Crippen molar-refractivity contribution in [3.63, 3.8) is 0 Å². The number of imide groups is 1. The van der Waals surface area contributed by atoms with Crippen LogP contribution in [0.15, 0.2) is 0 Å². The number of nitrogens with one attached hydrogen (secondary N) is 1. The maximum atomic E-state index is 10.8. The number of rotatable bonds is 8. The Morgan fingerprint density at radius 3 is 2.08 bits per heavy atom. The SMILES string of the molecule is CCCC1CC(=O)NC(=O)C1.CCC[C@@H](CC(N)=O)CC(=O)O.[V]. The van der Waals surface area contributed by atoms with Crippen molar-refractivity contribution in [1.82, 2.24) is 5.32 Å². The molecule has 0 aromatic heterocycles. The van der Waals surface area contributed by atoms with Gasteiger partial charge in [0, 0.05) is 44.2 Å². The normalized spacial score (nSPS) is 15.4. The van der Waals surface area contributed by atoms with Crippen molar-refractivity contribution >= 4 is 23.7 Å². The molecule has 4 N–H and O–H groups in total. The summed E-state index contributed by atoms with van der Waals surface area (Å²) in [5.74, 6) is -1.31. The van der Waals surface area contributed by atoms with Gasteiger partial charge < -0.3 is 10.8 Å². The van der Waals surface area contributed by atoms with Gasteiger partial charge in [0.1, 0.15) is 0 Å². The molecule has 1 aliphatic heterocycles. The first-order chi connectivity index (χ1) is 10.8. The fraction of sp³-hybridized carbons (Fsp3) is 0.750. The van der Waals surface area contributed by atoms with Crippen LogP contribution in [0.2, 0.25) is 0 Å². The molecule has 7 nitrogen and oxygen atoms in total. The number of hydrogen-bond acceptors (Lipinski definition) is 4. The van der Waals surface area contributed by atoms with Gasteiger partial charge in [-0.15, -0.1) is 0 Å². The monoisotopic (exact) mass is 379 g/mol. The van der Waals surface area contributed by atoms with Gasteiger partial charge in [0.25, 0.3) is 0 Å². The molecule has 1 rings (SSSR count). The van der Waals surface area contributed by atoms with E-state index >= 15 is 0 Å². The van der Waals surface area contributed by atoms with Gasteiger partial charge in [-0.1, -0.05) is 26.7 Å². The third-order valence-corrected chi connectivity index (χ3v) is 3.57. The van der Waals surface area contributed by atoms with Crippen molar-refractivity contribution in [1.29, 1.82) is 0 Å². The number of amides is 3. The van der Waals surface area contributed by atoms with Gasteiger partial charge in [-0.05, 0) is 24.7 Å². The topological polar surface area (TPSA) is 127 Å². The molecule has 137 valence electrons. The maximum absolute atomic E-state index is 10.8. The zero-order valence-electron chi connectivity index (χ0n) is 14.4. The van der Waals surface area contributed by atoms with Crippen molar-refractivity contribution in [2.45, 2.75) is 65.2 Å². The van der Waals surface area contributed by atoms with Crippen LogP contribution < -0.4 is 11.1 Å². The van der Waals surface area contributed by atoms with Crippen molar-refractivity contribution in [2.75, 3.05) is 0 Å². The Balaban J connectivity index is 0. The minimum absolute atomic E-state index is 0. The molecule has 0 bridgehead atoms. The molecule has 1 atom stereocenters. The molecule has 0 unspecified atom stereocenters. The third kappa shape index (κ3) is 13.1. The molecule has 8 heteroatoms. The van der Waals surface area contributed by atoms with Gasteiger partial charge in [-0.2, -0.15) is 0 Å². The summed E-state index contributed by atoms with van der Waals surface area (Å²) >= 11 is 0. The summed E-state index contributed by atoms with van der Waals surface area (Å²) in [5, 5.41) is 10.8. The Bertz CT molecular complexity index is 397. The fourth-order valence-electron chi connectivity index (χ4n) is 2.68. The van der Waals surface area contributed by atoms with E-state index in [1.54, 1.807) is 0 Å². The molecule has 0 spiro atoms. The van der Waals surface area contributed by atoms with E-state index in [9.17, 15) is 19.2 Å². The van der Waals surface area contributed by atoms with E-state index in [0.29, 0.717) is 18.8 Å². The molecule has 1 saturated heterocycles. The van der Waals surface area contributed by atoms with Crippen LogP contribution in [0.4, 0.5) is 0 Å². The number of piperidine rings is 1. The molecule has 1 fully saturated rings. The van der Waals surface area contributed by atoms with E-state index in [1.807, 2.05) is 6.92 Å². The molecule has 1 aliphatic rings. The molecule has 3 amide bonds. The molecule has 0 aromatic carbocycles. The van der Waals surface area contributed by atoms with Crippen molar-refractivity contribution in [3.8, 4) is 0 Å². The molecule has 0 aromatic rings. The van der Waals surface area contributed by atoms with Gasteiger partial charge in [-0.3, -0.25) is 24.5 Å². The Labute approximate surface area is 155 Å². The number of primary amides is 1. The van der Waals surface area contributed by atoms with Crippen LogP contribution in [0.3, 0.4) is 0 Å². The van der Waals surface area contributed by atoms with E-state index in [2.05, 4.69) is 12.2 Å². The Kier molecular flexibility index (Phi) is 14.6. The predicted molar refractivity (Wildman–Crippen MR) is 85.2 cm³/mol. The van der Waals surface area contributed by atoms with Crippen LogP contribution in [0, 0.1) is 11.8 Å². The molecule has 1 radical (unpaired) electrons. The molecule has 0 saturated carbocycles. The van der Waals surface area contributed by atoms with Gasteiger partial charge in [0.15, 0.2) is 0 Å². The molecule has 0 aliphatic carbocycles. The number of aliphatic carboxylic acids is 1. The Morgan fingerprint density at radius 1 is 1.17 bits per heavy atom. The van der Waals surface area contributed by atoms with Crippen LogP contribution in [0.5, 0.6) is 0 Å². The summed E-state index contributed by atoms with van der Waals surface area (Å²) in [4.78, 5) is 42.5. The predicted octanol–water partition coefficient (Wildman–Crippen LogP) is 1.59. The largest absolute Gasteiger partial charge is 0.481 e. The minimum atomic E-state index is -0.866. The number of carbonyl (C=O) groups is 4. The number of carboxylic acids is 1. The smallest absolute Gasteiger partial charge is 0.303 e. The Hall–Kier alpha value is -1.34. The molecule has 24 heavy (non-hydrogen) atoms. The first-order valence-electron chi connectivity index (χ1n) is 8.11. The summed E-state index contributed by atoms with van der Waals surface area (Å²) in [6, 6.07) is 0. The third-order valence-electron chi connectivity index (χ3n) is 3.57. The van der Waals surface area contributed by atoms with Crippen LogP contribution in [-0.2, 0) is 37.7 Å². The Morgan fingerprint density at radius 2 is 1.71 bits per heavy atom. The number of hydrogen-bond donors (Lipinski definition) is 3. The second kappa shape index (κ2) is 14.0. The number of carboxylic acid groups (broad SMARTS) is 1. The fourth-order valence-corrected chi connectivity index (χ4v) is 2.68. The number of nitrogens with two attached hydrogens (primary N) is 1. The van der Waals surface area contributed by atoms with Gasteiger partial charge in [0.05, 0.1) is 0 Å². The molecular formula is C16H28N2O5V. The average molecular weight is 379 g/mol. The second-order valence-electron chi connectivity index (χ2n) is 5.96. The first-order valence-corrected chi connectivity index (χ1v) is 8.11. The van der Waals surface area contributed by atoms with Crippen molar-refractivity contribution in [3.05, 3.63) is 0 Å². The van der Waals surface area contributed by atoms with Crippen LogP contribution in [0.25, 0.3) is 0 Å². The summed E-state index contributed by atoms with van der Waals surface area (Å²) in [6.07, 6.45) is 4.93. The van der Waals surface area contributed by atoms with Gasteiger partial charge in [-0.25, -0.2) is 0 Å². The average Bonchev–Trinajstić information content (AvgIpc) is 2.37. The van der Waals surface area contributed by atoms with Crippen molar-refractivity contribution in [2.24, 2.45) is 17.6 Å². The van der Waals surface area contributed by atoms with E-state index in [0.717, 1.165) is 25.7 Å². The summed E-state index contributed by atoms with van der Waals surface area (Å²) < 4.78 is 0. The summed E-state index contributed by atoms with van der Waals surface area (Å²) in [7, 11) is 0. The van der Waals surface area contributed by atoms with Gasteiger partial charge >= 0.3 is 5.97 Å². The standard InChI is InChI=1S/C8H15NO3.C8H13NO2.V/c1-2-3-6(4-7(9)10)5-8(11)12;1-2-3-6-4-7(10)9-8(11)5-6;/h6H,2-5H2,1H3,(H2,9,10)(H,11,12);6H,2-5H2,1H3,(H,9,10,11);/t6-;;/m0../s1. The summed E-state index contributed by atoms with van der Waals surface area (Å²) in [6.45, 7) is 4.02. The van der Waals surface area contributed by atoms with E-state index in [-0.39, 0.29) is 49.1 Å². The van der Waals surface area contributed by atoms with Crippen LogP contribution in [0.1, 0.15) is 65.2 Å². The minimum Gasteiger partial charge on any atom is -0.481 e. The summed E-state index contributed by atoms with van der Waals surface area (Å²) in [5.41, 5.74) is 4.97. The number of carbonyl (C=O) groups excluding carboxylic acids is 3. The van der Waals surface area contributed by atoms with Crippen molar-refractivity contribution < 1.29 is 42.8 Å². The first kappa shape index (κ1) is 24.9. The maximum Gasteiger partial charge on any atom is 0.303 e. The van der Waals surface area contributed by atoms with Gasteiger partial charge in [0.2, 0.25) is 17.7 Å². The van der Waals surface area contributed by atoms with E-state index in [4.69, 9.17) is 10.8 Å². The second-order valence-corrected chi connectivity index (χ2v) is 5.96. The van der Waals surface area contributed by atoms with Crippen LogP contribution >= 0.6 is 0 Å².